The summed E-state index contributed by atoms with van der Waals surface area (Å²) in [6.45, 7) is 3.17. The molecule has 2 aromatic carbocycles. The number of likely N-dealkylation sites (N-methyl/N-ethyl adjacent to an activating group) is 1. The Morgan fingerprint density at radius 3 is 2.65 bits per heavy atom. The van der Waals surface area contributed by atoms with Crippen molar-refractivity contribution in [3.8, 4) is 0 Å². The van der Waals surface area contributed by atoms with Crippen LogP contribution >= 0.6 is 11.6 Å². The molecule has 0 unspecified atom stereocenters. The highest BCUT2D eigenvalue weighted by Gasteiger charge is 2.12. The van der Waals surface area contributed by atoms with Gasteiger partial charge in [0, 0.05) is 10.7 Å². The molecule has 0 aliphatic heterocycles. The van der Waals surface area contributed by atoms with E-state index in [0.717, 1.165) is 0 Å². The minimum absolute atomic E-state index is 0.141. The second kappa shape index (κ2) is 8.12. The number of anilines is 1. The Balaban J connectivity index is 1.68. The number of amides is 1. The molecular formula is C19H19ClN4O2. The maximum atomic E-state index is 12.3. The Kier molecular flexibility index (Phi) is 5.65. The summed E-state index contributed by atoms with van der Waals surface area (Å²) in [5.41, 5.74) is 1.16. The summed E-state index contributed by atoms with van der Waals surface area (Å²) in [6, 6.07) is 14.1. The topological polar surface area (TPSA) is 78.1 Å². The van der Waals surface area contributed by atoms with Gasteiger partial charge in [0.2, 0.25) is 5.91 Å². The molecule has 3 aromatic rings. The van der Waals surface area contributed by atoms with E-state index in [2.05, 4.69) is 15.3 Å². The van der Waals surface area contributed by atoms with Crippen molar-refractivity contribution in [2.75, 3.05) is 18.4 Å². The van der Waals surface area contributed by atoms with Gasteiger partial charge in [-0.1, -0.05) is 30.7 Å². The molecule has 134 valence electrons. The Morgan fingerprint density at radius 1 is 1.19 bits per heavy atom. The molecule has 26 heavy (non-hydrogen) atoms. The SMILES string of the molecule is CCN(CC(=O)Nc1ccc(Cl)cc1)Cc1nc2ccccc2c(=O)[nH]1. The quantitative estimate of drug-likeness (QED) is 0.699. The van der Waals surface area contributed by atoms with E-state index in [9.17, 15) is 9.59 Å². The van der Waals surface area contributed by atoms with Gasteiger partial charge < -0.3 is 10.3 Å². The highest BCUT2D eigenvalue weighted by atomic mass is 35.5. The van der Waals surface area contributed by atoms with Gasteiger partial charge in [0.05, 0.1) is 24.0 Å². The fraction of sp³-hybridized carbons (Fsp3) is 0.211. The fourth-order valence-corrected chi connectivity index (χ4v) is 2.76. The van der Waals surface area contributed by atoms with Crippen LogP contribution in [0.1, 0.15) is 12.7 Å². The van der Waals surface area contributed by atoms with Crippen LogP contribution in [0.25, 0.3) is 10.9 Å². The lowest BCUT2D eigenvalue weighted by Crippen LogP contribution is -2.33. The minimum atomic E-state index is -0.174. The van der Waals surface area contributed by atoms with Crippen molar-refractivity contribution >= 4 is 34.1 Å². The largest absolute Gasteiger partial charge is 0.325 e. The zero-order valence-electron chi connectivity index (χ0n) is 14.3. The van der Waals surface area contributed by atoms with E-state index in [1.54, 1.807) is 42.5 Å². The zero-order chi connectivity index (χ0) is 18.5. The van der Waals surface area contributed by atoms with E-state index in [4.69, 9.17) is 11.6 Å². The molecule has 0 bridgehead atoms. The van der Waals surface area contributed by atoms with Crippen LogP contribution in [-0.4, -0.2) is 33.9 Å². The van der Waals surface area contributed by atoms with E-state index in [0.29, 0.717) is 40.5 Å². The van der Waals surface area contributed by atoms with Gasteiger partial charge >= 0.3 is 0 Å². The maximum absolute atomic E-state index is 12.3. The number of halogens is 1. The van der Waals surface area contributed by atoms with E-state index >= 15 is 0 Å². The first-order valence-corrected chi connectivity index (χ1v) is 8.68. The third-order valence-corrected chi connectivity index (χ3v) is 4.23. The number of aromatic amines is 1. The monoisotopic (exact) mass is 370 g/mol. The summed E-state index contributed by atoms with van der Waals surface area (Å²) >= 11 is 5.84. The Labute approximate surface area is 155 Å². The van der Waals surface area contributed by atoms with Gasteiger partial charge in [0.25, 0.3) is 5.56 Å². The molecule has 1 heterocycles. The van der Waals surface area contributed by atoms with Gasteiger partial charge in [-0.25, -0.2) is 4.98 Å². The van der Waals surface area contributed by atoms with Crippen molar-refractivity contribution < 1.29 is 4.79 Å². The lowest BCUT2D eigenvalue weighted by atomic mass is 10.2. The van der Waals surface area contributed by atoms with Gasteiger partial charge in [-0.15, -0.1) is 0 Å². The lowest BCUT2D eigenvalue weighted by molar-refractivity contribution is -0.117. The van der Waals surface area contributed by atoms with Gasteiger partial charge in [-0.3, -0.25) is 14.5 Å². The number of carbonyl (C=O) groups excluding carboxylic acids is 1. The number of H-pyrrole nitrogens is 1. The number of rotatable bonds is 6. The number of benzene rings is 2. The minimum Gasteiger partial charge on any atom is -0.325 e. The molecule has 0 radical (unpaired) electrons. The van der Waals surface area contributed by atoms with E-state index in [1.165, 1.54) is 0 Å². The van der Waals surface area contributed by atoms with Gasteiger partial charge in [-0.2, -0.15) is 0 Å². The van der Waals surface area contributed by atoms with Crippen LogP contribution in [0.2, 0.25) is 5.02 Å². The van der Waals surface area contributed by atoms with Gasteiger partial charge in [0.15, 0.2) is 0 Å². The van der Waals surface area contributed by atoms with Crippen LogP contribution in [0.4, 0.5) is 5.69 Å². The van der Waals surface area contributed by atoms with Gasteiger partial charge in [0.1, 0.15) is 5.82 Å². The Hall–Kier alpha value is -2.70. The molecule has 6 nitrogen and oxygen atoms in total. The van der Waals surface area contributed by atoms with Crippen LogP contribution < -0.4 is 10.9 Å². The number of fused-ring (bicyclic) bond motifs is 1. The van der Waals surface area contributed by atoms with Crippen molar-refractivity contribution in [3.05, 3.63) is 69.7 Å². The third kappa shape index (κ3) is 4.47. The van der Waals surface area contributed by atoms with Crippen molar-refractivity contribution in [2.45, 2.75) is 13.5 Å². The van der Waals surface area contributed by atoms with E-state index in [-0.39, 0.29) is 18.0 Å². The number of para-hydroxylation sites is 1. The van der Waals surface area contributed by atoms with Crippen LogP contribution in [0, 0.1) is 0 Å². The Bertz CT molecular complexity index is 969. The number of hydrogen-bond acceptors (Lipinski definition) is 4. The predicted octanol–water partition coefficient (Wildman–Crippen LogP) is 3.04. The molecule has 0 spiro atoms. The molecule has 0 saturated carbocycles. The summed E-state index contributed by atoms with van der Waals surface area (Å²) in [5, 5.41) is 4.00. The molecule has 0 atom stereocenters. The van der Waals surface area contributed by atoms with Crippen molar-refractivity contribution in [1.29, 1.82) is 0 Å². The van der Waals surface area contributed by atoms with Crippen LogP contribution in [0.5, 0.6) is 0 Å². The summed E-state index contributed by atoms with van der Waals surface area (Å²) in [6.07, 6.45) is 0. The maximum Gasteiger partial charge on any atom is 0.258 e. The number of nitrogens with one attached hydrogen (secondary N) is 2. The molecule has 0 aliphatic carbocycles. The highest BCUT2D eigenvalue weighted by Crippen LogP contribution is 2.13. The average Bonchev–Trinajstić information content (AvgIpc) is 2.63. The number of nitrogens with zero attached hydrogens (tertiary/aromatic N) is 2. The summed E-state index contributed by atoms with van der Waals surface area (Å²) in [5.74, 6) is 0.396. The molecule has 0 aliphatic rings. The first-order chi connectivity index (χ1) is 12.5. The van der Waals surface area contributed by atoms with Crippen LogP contribution in [0.3, 0.4) is 0 Å². The van der Waals surface area contributed by atoms with Crippen LogP contribution in [0.15, 0.2) is 53.3 Å². The Morgan fingerprint density at radius 2 is 1.92 bits per heavy atom. The smallest absolute Gasteiger partial charge is 0.258 e. The molecule has 7 heteroatoms. The van der Waals surface area contributed by atoms with Crippen molar-refractivity contribution in [2.24, 2.45) is 0 Å². The number of hydrogen-bond donors (Lipinski definition) is 2. The predicted molar refractivity (Wildman–Crippen MR) is 103 cm³/mol. The first-order valence-electron chi connectivity index (χ1n) is 8.31. The lowest BCUT2D eigenvalue weighted by Gasteiger charge is -2.19. The molecule has 3 rings (SSSR count). The summed E-state index contributed by atoms with van der Waals surface area (Å²) in [7, 11) is 0. The van der Waals surface area contributed by atoms with E-state index in [1.807, 2.05) is 17.9 Å². The molecule has 1 amide bonds. The fourth-order valence-electron chi connectivity index (χ4n) is 2.64. The zero-order valence-corrected chi connectivity index (χ0v) is 15.1. The molecular weight excluding hydrogens is 352 g/mol. The van der Waals surface area contributed by atoms with Crippen LogP contribution in [-0.2, 0) is 11.3 Å². The molecule has 1 aromatic heterocycles. The van der Waals surface area contributed by atoms with Gasteiger partial charge in [-0.05, 0) is 42.9 Å². The number of aromatic nitrogens is 2. The van der Waals surface area contributed by atoms with Crippen molar-refractivity contribution in [3.63, 3.8) is 0 Å². The summed E-state index contributed by atoms with van der Waals surface area (Å²) in [4.78, 5) is 33.6. The molecule has 0 fully saturated rings. The molecule has 0 saturated heterocycles. The van der Waals surface area contributed by atoms with E-state index < -0.39 is 0 Å². The second-order valence-electron chi connectivity index (χ2n) is 5.89. The standard InChI is InChI=1S/C19H19ClN4O2/c1-2-24(12-18(25)21-14-9-7-13(20)8-10-14)11-17-22-16-6-4-3-5-15(16)19(26)23-17/h3-10H,2,11-12H2,1H3,(H,21,25)(H,22,23,26). The second-order valence-corrected chi connectivity index (χ2v) is 6.32. The third-order valence-electron chi connectivity index (χ3n) is 3.98. The first kappa shape index (κ1) is 18.1. The molecule has 2 N–H and O–H groups in total. The number of carbonyl (C=O) groups is 1. The highest BCUT2D eigenvalue weighted by molar-refractivity contribution is 6.30. The normalized spacial score (nSPS) is 11.0. The summed E-state index contributed by atoms with van der Waals surface area (Å²) < 4.78 is 0. The van der Waals surface area contributed by atoms with Crippen molar-refractivity contribution in [1.82, 2.24) is 14.9 Å². The average molecular weight is 371 g/mol.